The predicted octanol–water partition coefficient (Wildman–Crippen LogP) is 17.0. The molecule has 0 saturated heterocycles. The van der Waals surface area contributed by atoms with Crippen LogP contribution < -0.4 is 0 Å². The van der Waals surface area contributed by atoms with Gasteiger partial charge in [-0.1, -0.05) is 194 Å². The summed E-state index contributed by atoms with van der Waals surface area (Å²) in [6, 6.07) is 87.4. The van der Waals surface area contributed by atoms with Gasteiger partial charge >= 0.3 is 0 Å². The summed E-state index contributed by atoms with van der Waals surface area (Å²) < 4.78 is 2.36. The average Bonchev–Trinajstić information content (AvgIpc) is 3.75. The molecule has 0 amide bonds. The first-order chi connectivity index (χ1) is 33.2. The van der Waals surface area contributed by atoms with Crippen molar-refractivity contribution in [2.45, 2.75) is 0 Å². The summed E-state index contributed by atoms with van der Waals surface area (Å²) in [6.45, 7) is 0. The zero-order valence-electron chi connectivity index (χ0n) is 36.5. The van der Waals surface area contributed by atoms with E-state index in [1.807, 2.05) is 6.20 Å². The van der Waals surface area contributed by atoms with E-state index in [0.29, 0.717) is 0 Å². The van der Waals surface area contributed by atoms with Crippen LogP contribution in [0.1, 0.15) is 0 Å². The second kappa shape index (κ2) is 16.0. The third kappa shape index (κ3) is 6.76. The SMILES string of the molecule is c1ccc(-c2ccc3c(c2)c2cc(-c4ccccc4)ccc2c2nc(-c4ccc(-c5cccc(-c6ccc(-c7ccc8c(c7)c7ccccc7n8-c7ccccc7)cc6)c5)cc4)cnc32)cc1. The van der Waals surface area contributed by atoms with E-state index in [1.54, 1.807) is 0 Å². The number of aromatic nitrogens is 3. The van der Waals surface area contributed by atoms with Crippen molar-refractivity contribution in [3.8, 4) is 72.6 Å². The third-order valence-corrected chi connectivity index (χ3v) is 13.4. The van der Waals surface area contributed by atoms with Crippen molar-refractivity contribution in [2.24, 2.45) is 0 Å². The van der Waals surface area contributed by atoms with Crippen molar-refractivity contribution >= 4 is 54.4 Å². The number of fused-ring (bicyclic) bond motifs is 9. The van der Waals surface area contributed by atoms with Crippen molar-refractivity contribution in [2.75, 3.05) is 0 Å². The van der Waals surface area contributed by atoms with Crippen LogP contribution in [0.25, 0.3) is 127 Å². The minimum Gasteiger partial charge on any atom is -0.309 e. The Balaban J connectivity index is 0.813. The van der Waals surface area contributed by atoms with Crippen LogP contribution in [-0.4, -0.2) is 14.5 Å². The van der Waals surface area contributed by atoms with Gasteiger partial charge in [0.05, 0.1) is 34.0 Å². The largest absolute Gasteiger partial charge is 0.309 e. The number of nitrogens with zero attached hydrogens (tertiary/aromatic N) is 3. The number of rotatable bonds is 7. The Morgan fingerprint density at radius 1 is 0.254 bits per heavy atom. The van der Waals surface area contributed by atoms with Crippen molar-refractivity contribution in [1.82, 2.24) is 14.5 Å². The second-order valence-corrected chi connectivity index (χ2v) is 17.4. The van der Waals surface area contributed by atoms with E-state index in [1.165, 1.54) is 88.3 Å². The van der Waals surface area contributed by atoms with Gasteiger partial charge in [-0.3, -0.25) is 4.98 Å². The minimum atomic E-state index is 0.850. The molecule has 0 radical (unpaired) electrons. The van der Waals surface area contributed by atoms with Crippen LogP contribution in [0.4, 0.5) is 0 Å². The first-order valence-electron chi connectivity index (χ1n) is 22.9. The molecule has 3 heteroatoms. The third-order valence-electron chi connectivity index (χ3n) is 13.4. The summed E-state index contributed by atoms with van der Waals surface area (Å²) in [6.07, 6.45) is 1.93. The first-order valence-corrected chi connectivity index (χ1v) is 22.9. The van der Waals surface area contributed by atoms with Crippen LogP contribution in [0.2, 0.25) is 0 Å². The zero-order chi connectivity index (χ0) is 44.3. The fraction of sp³-hybridized carbons (Fsp3) is 0. The van der Waals surface area contributed by atoms with Crippen molar-refractivity contribution < 1.29 is 0 Å². The smallest absolute Gasteiger partial charge is 0.0979 e. The normalized spacial score (nSPS) is 11.6. The Labute approximate surface area is 388 Å². The summed E-state index contributed by atoms with van der Waals surface area (Å²) in [5, 5.41) is 7.05. The van der Waals surface area contributed by atoms with Gasteiger partial charge in [-0.05, 0) is 115 Å². The van der Waals surface area contributed by atoms with Gasteiger partial charge in [0, 0.05) is 32.8 Å². The highest BCUT2D eigenvalue weighted by Crippen LogP contribution is 2.40. The second-order valence-electron chi connectivity index (χ2n) is 17.4. The molecular weight excluding hydrogens is 811 g/mol. The zero-order valence-corrected chi connectivity index (χ0v) is 36.5. The summed E-state index contributed by atoms with van der Waals surface area (Å²) in [5.41, 5.74) is 19.1. The standard InChI is InChI=1S/C64H41N3/c1-4-13-42(14-5-1)50-31-34-55-57(38-50)58-39-51(43-15-6-2-7-16-43)32-35-56(58)64-63(55)65-41-60(66-64)47-29-27-45(28-30-47)49-18-12-17-48(37-49)44-23-25-46(26-24-44)52-33-36-62-59(40-52)54-21-10-11-22-61(54)67(62)53-19-8-3-9-20-53/h1-41H. The lowest BCUT2D eigenvalue weighted by Crippen LogP contribution is -1.93. The molecule has 2 aromatic heterocycles. The predicted molar refractivity (Wildman–Crippen MR) is 282 cm³/mol. The average molecular weight is 852 g/mol. The highest BCUT2D eigenvalue weighted by atomic mass is 15.0. The van der Waals surface area contributed by atoms with E-state index in [-0.39, 0.29) is 0 Å². The van der Waals surface area contributed by atoms with Crippen LogP contribution in [-0.2, 0) is 0 Å². The van der Waals surface area contributed by atoms with Crippen molar-refractivity contribution in [3.05, 3.63) is 249 Å². The maximum Gasteiger partial charge on any atom is 0.0979 e. The Kier molecular flexibility index (Phi) is 9.17. The Morgan fingerprint density at radius 2 is 0.672 bits per heavy atom. The Hall–Kier alpha value is -8.92. The van der Waals surface area contributed by atoms with Crippen molar-refractivity contribution in [1.29, 1.82) is 0 Å². The monoisotopic (exact) mass is 851 g/mol. The van der Waals surface area contributed by atoms with E-state index < -0.39 is 0 Å². The molecule has 3 nitrogen and oxygen atoms in total. The molecule has 2 heterocycles. The molecule has 312 valence electrons. The lowest BCUT2D eigenvalue weighted by molar-refractivity contribution is 1.18. The quantitative estimate of drug-likeness (QED) is 0.150. The summed E-state index contributed by atoms with van der Waals surface area (Å²) in [7, 11) is 0. The Morgan fingerprint density at radius 3 is 1.27 bits per heavy atom. The van der Waals surface area contributed by atoms with Crippen LogP contribution in [0.3, 0.4) is 0 Å². The van der Waals surface area contributed by atoms with Crippen LogP contribution in [0, 0.1) is 0 Å². The molecule has 0 bridgehead atoms. The van der Waals surface area contributed by atoms with Crippen LogP contribution in [0.5, 0.6) is 0 Å². The molecule has 0 fully saturated rings. The van der Waals surface area contributed by atoms with E-state index in [0.717, 1.165) is 38.6 Å². The van der Waals surface area contributed by atoms with Gasteiger partial charge in [0.25, 0.3) is 0 Å². The molecule has 67 heavy (non-hydrogen) atoms. The van der Waals surface area contributed by atoms with Gasteiger partial charge in [0.15, 0.2) is 0 Å². The van der Waals surface area contributed by atoms with Gasteiger partial charge in [-0.15, -0.1) is 0 Å². The van der Waals surface area contributed by atoms with Gasteiger partial charge in [0.1, 0.15) is 0 Å². The lowest BCUT2D eigenvalue weighted by atomic mass is 9.93. The minimum absolute atomic E-state index is 0.850. The molecule has 11 aromatic carbocycles. The molecule has 0 aliphatic rings. The van der Waals surface area contributed by atoms with Gasteiger partial charge < -0.3 is 4.57 Å². The highest BCUT2D eigenvalue weighted by molar-refractivity contribution is 6.24. The number of hydrogen-bond acceptors (Lipinski definition) is 2. The molecule has 0 saturated carbocycles. The first kappa shape index (κ1) is 38.5. The van der Waals surface area contributed by atoms with Gasteiger partial charge in [-0.2, -0.15) is 0 Å². The molecule has 0 aliphatic carbocycles. The molecule has 0 aliphatic heterocycles. The molecule has 0 N–H and O–H groups in total. The number of para-hydroxylation sites is 2. The van der Waals surface area contributed by atoms with E-state index in [2.05, 4.69) is 247 Å². The molecule has 13 aromatic rings. The highest BCUT2D eigenvalue weighted by Gasteiger charge is 2.16. The fourth-order valence-corrected chi connectivity index (χ4v) is 10.1. The molecule has 0 spiro atoms. The van der Waals surface area contributed by atoms with Crippen LogP contribution >= 0.6 is 0 Å². The van der Waals surface area contributed by atoms with Gasteiger partial charge in [-0.25, -0.2) is 4.98 Å². The van der Waals surface area contributed by atoms with E-state index >= 15 is 0 Å². The molecule has 0 atom stereocenters. The lowest BCUT2D eigenvalue weighted by Gasteiger charge is -2.14. The molecule has 13 rings (SSSR count). The number of benzene rings is 11. The van der Waals surface area contributed by atoms with Crippen LogP contribution in [0.15, 0.2) is 249 Å². The van der Waals surface area contributed by atoms with E-state index in [4.69, 9.17) is 9.97 Å². The summed E-state index contributed by atoms with van der Waals surface area (Å²) in [5.74, 6) is 0. The van der Waals surface area contributed by atoms with Gasteiger partial charge in [0.2, 0.25) is 0 Å². The summed E-state index contributed by atoms with van der Waals surface area (Å²) >= 11 is 0. The maximum absolute atomic E-state index is 5.37. The fourth-order valence-electron chi connectivity index (χ4n) is 10.1. The maximum atomic E-state index is 5.37. The van der Waals surface area contributed by atoms with E-state index in [9.17, 15) is 0 Å². The van der Waals surface area contributed by atoms with Crippen molar-refractivity contribution in [3.63, 3.8) is 0 Å². The molecule has 0 unspecified atom stereocenters. The summed E-state index contributed by atoms with van der Waals surface area (Å²) in [4.78, 5) is 10.5. The number of hydrogen-bond donors (Lipinski definition) is 0. The molecular formula is C64H41N3. The topological polar surface area (TPSA) is 30.7 Å². The Bertz CT molecular complexity index is 3990.